The average Bonchev–Trinajstić information content (AvgIpc) is 3.23. The Balaban J connectivity index is 1.45. The maximum Gasteiger partial charge on any atom is 0.225 e. The van der Waals surface area contributed by atoms with Gasteiger partial charge in [-0.25, -0.2) is 9.97 Å². The largest absolute Gasteiger partial charge is 0.468 e. The third-order valence-corrected chi connectivity index (χ3v) is 4.81. The number of nitrogens with zero attached hydrogens (tertiary/aromatic N) is 5. The van der Waals surface area contributed by atoms with E-state index in [1.807, 2.05) is 48.9 Å². The topological polar surface area (TPSA) is 58.3 Å². The first kappa shape index (κ1) is 17.7. The molecule has 1 aliphatic heterocycles. The highest BCUT2D eigenvalue weighted by Gasteiger charge is 2.15. The van der Waals surface area contributed by atoms with Gasteiger partial charge in [0.05, 0.1) is 18.5 Å². The molecule has 3 aromatic rings. The van der Waals surface area contributed by atoms with Crippen molar-refractivity contribution in [3.8, 4) is 0 Å². The van der Waals surface area contributed by atoms with Crippen molar-refractivity contribution in [1.82, 2.24) is 19.9 Å². The molecule has 0 amide bonds. The van der Waals surface area contributed by atoms with Crippen LogP contribution < -0.4 is 4.90 Å². The fourth-order valence-corrected chi connectivity index (χ4v) is 3.46. The lowest BCUT2D eigenvalue weighted by Crippen LogP contribution is -2.31. The molecule has 0 radical (unpaired) electrons. The van der Waals surface area contributed by atoms with Gasteiger partial charge in [0.15, 0.2) is 0 Å². The lowest BCUT2D eigenvalue weighted by molar-refractivity contribution is 0.224. The fraction of sp³-hybridized carbons (Fsp3) is 0.381. The van der Waals surface area contributed by atoms with Crippen LogP contribution >= 0.6 is 0 Å². The molecule has 0 bridgehead atoms. The molecule has 0 aromatic carbocycles. The summed E-state index contributed by atoms with van der Waals surface area (Å²) in [6.45, 7) is 4.33. The Labute approximate surface area is 159 Å². The number of aromatic nitrogens is 3. The number of hydrogen-bond acceptors (Lipinski definition) is 6. The first-order valence-electron chi connectivity index (χ1n) is 9.57. The van der Waals surface area contributed by atoms with E-state index in [1.165, 1.54) is 19.3 Å². The summed E-state index contributed by atoms with van der Waals surface area (Å²) < 4.78 is 5.54. The van der Waals surface area contributed by atoms with E-state index in [-0.39, 0.29) is 0 Å². The molecular formula is C21H25N5O. The van der Waals surface area contributed by atoms with Gasteiger partial charge in [-0.05, 0) is 43.5 Å². The second-order valence-electron chi connectivity index (χ2n) is 6.98. The third-order valence-electron chi connectivity index (χ3n) is 4.81. The van der Waals surface area contributed by atoms with Crippen LogP contribution in [0, 0.1) is 0 Å². The predicted molar refractivity (Wildman–Crippen MR) is 104 cm³/mol. The molecule has 0 atom stereocenters. The van der Waals surface area contributed by atoms with E-state index in [4.69, 9.17) is 4.42 Å². The average molecular weight is 363 g/mol. The Hall–Kier alpha value is -2.73. The molecule has 0 saturated carbocycles. The van der Waals surface area contributed by atoms with E-state index >= 15 is 0 Å². The molecule has 6 heteroatoms. The first-order valence-corrected chi connectivity index (χ1v) is 9.57. The Kier molecular flexibility index (Phi) is 5.74. The second-order valence-corrected chi connectivity index (χ2v) is 6.98. The fourth-order valence-electron chi connectivity index (χ4n) is 3.46. The Morgan fingerprint density at radius 3 is 2.44 bits per heavy atom. The lowest BCUT2D eigenvalue weighted by atomic mass is 10.1. The van der Waals surface area contributed by atoms with Gasteiger partial charge in [0.1, 0.15) is 5.76 Å². The zero-order valence-corrected chi connectivity index (χ0v) is 15.5. The zero-order chi connectivity index (χ0) is 18.3. The standard InChI is InChI=1S/C21H25N5O/c1-4-10-26(11-5-1)21-23-13-18(14-24-21)15-25(17-20-8-6-12-27-20)16-19-7-2-3-9-22-19/h2-3,6-9,12-14H,1,4-5,10-11,15-17H2. The highest BCUT2D eigenvalue weighted by Crippen LogP contribution is 2.17. The SMILES string of the molecule is c1ccc(CN(Cc2cnc(N3CCCCC3)nc2)Cc2ccco2)nc1. The summed E-state index contributed by atoms with van der Waals surface area (Å²) >= 11 is 0. The number of rotatable bonds is 7. The van der Waals surface area contributed by atoms with E-state index < -0.39 is 0 Å². The van der Waals surface area contributed by atoms with Crippen molar-refractivity contribution in [2.24, 2.45) is 0 Å². The molecule has 1 saturated heterocycles. The number of furan rings is 1. The quantitative estimate of drug-likeness (QED) is 0.638. The minimum Gasteiger partial charge on any atom is -0.468 e. The van der Waals surface area contributed by atoms with E-state index in [0.717, 1.165) is 55.7 Å². The van der Waals surface area contributed by atoms with E-state index in [1.54, 1.807) is 6.26 Å². The molecule has 140 valence electrons. The van der Waals surface area contributed by atoms with Gasteiger partial charge in [0.2, 0.25) is 5.95 Å². The number of anilines is 1. The molecule has 3 aromatic heterocycles. The molecule has 6 nitrogen and oxygen atoms in total. The van der Waals surface area contributed by atoms with Crippen molar-refractivity contribution in [3.63, 3.8) is 0 Å². The van der Waals surface area contributed by atoms with Gasteiger partial charge >= 0.3 is 0 Å². The Morgan fingerprint density at radius 2 is 1.74 bits per heavy atom. The van der Waals surface area contributed by atoms with Crippen molar-refractivity contribution in [2.75, 3.05) is 18.0 Å². The Morgan fingerprint density at radius 1 is 0.889 bits per heavy atom. The van der Waals surface area contributed by atoms with E-state index in [2.05, 4.69) is 24.8 Å². The maximum atomic E-state index is 5.54. The summed E-state index contributed by atoms with van der Waals surface area (Å²) in [4.78, 5) is 18.2. The van der Waals surface area contributed by atoms with Crippen molar-refractivity contribution in [3.05, 3.63) is 72.2 Å². The molecule has 0 spiro atoms. The van der Waals surface area contributed by atoms with Crippen LogP contribution in [-0.4, -0.2) is 32.9 Å². The van der Waals surface area contributed by atoms with Crippen LogP contribution in [0.3, 0.4) is 0 Å². The number of piperidine rings is 1. The molecule has 4 rings (SSSR count). The summed E-state index contributed by atoms with van der Waals surface area (Å²) in [5.74, 6) is 1.79. The molecule has 27 heavy (non-hydrogen) atoms. The van der Waals surface area contributed by atoms with E-state index in [9.17, 15) is 0 Å². The van der Waals surface area contributed by atoms with Crippen molar-refractivity contribution in [1.29, 1.82) is 0 Å². The van der Waals surface area contributed by atoms with Gasteiger partial charge < -0.3 is 9.32 Å². The smallest absolute Gasteiger partial charge is 0.225 e. The first-order chi connectivity index (χ1) is 13.4. The molecule has 1 fully saturated rings. The minimum atomic E-state index is 0.720. The molecule has 1 aliphatic rings. The molecule has 0 N–H and O–H groups in total. The summed E-state index contributed by atoms with van der Waals surface area (Å²) in [7, 11) is 0. The van der Waals surface area contributed by atoms with Crippen LogP contribution in [0.25, 0.3) is 0 Å². The number of pyridine rings is 1. The van der Waals surface area contributed by atoms with Crippen LogP contribution in [0.1, 0.15) is 36.3 Å². The van der Waals surface area contributed by atoms with Crippen LogP contribution in [0.15, 0.2) is 59.6 Å². The second kappa shape index (κ2) is 8.77. The summed E-state index contributed by atoms with van der Waals surface area (Å²) in [6.07, 6.45) is 11.2. The van der Waals surface area contributed by atoms with Crippen molar-refractivity contribution in [2.45, 2.75) is 38.9 Å². The lowest BCUT2D eigenvalue weighted by Gasteiger charge is -2.26. The van der Waals surface area contributed by atoms with Gasteiger partial charge in [-0.1, -0.05) is 6.07 Å². The van der Waals surface area contributed by atoms with Gasteiger partial charge in [-0.15, -0.1) is 0 Å². The summed E-state index contributed by atoms with van der Waals surface area (Å²) in [6, 6.07) is 9.93. The summed E-state index contributed by atoms with van der Waals surface area (Å²) in [5.41, 5.74) is 2.13. The number of hydrogen-bond donors (Lipinski definition) is 0. The van der Waals surface area contributed by atoms with Gasteiger partial charge in [0, 0.05) is 50.3 Å². The van der Waals surface area contributed by atoms with Crippen LogP contribution in [0.2, 0.25) is 0 Å². The maximum absolute atomic E-state index is 5.54. The Bertz CT molecular complexity index is 798. The monoisotopic (exact) mass is 363 g/mol. The predicted octanol–water partition coefficient (Wildman–Crippen LogP) is 3.66. The molecule has 0 aliphatic carbocycles. The van der Waals surface area contributed by atoms with Crippen LogP contribution in [0.4, 0.5) is 5.95 Å². The normalized spacial score (nSPS) is 14.6. The van der Waals surface area contributed by atoms with Gasteiger partial charge in [0.25, 0.3) is 0 Å². The van der Waals surface area contributed by atoms with Crippen molar-refractivity contribution >= 4 is 5.95 Å². The molecule has 0 unspecified atom stereocenters. The third kappa shape index (κ3) is 4.92. The van der Waals surface area contributed by atoms with Crippen LogP contribution in [0.5, 0.6) is 0 Å². The molecule has 4 heterocycles. The van der Waals surface area contributed by atoms with Crippen molar-refractivity contribution < 1.29 is 4.42 Å². The minimum absolute atomic E-state index is 0.720. The van der Waals surface area contributed by atoms with Gasteiger partial charge in [-0.2, -0.15) is 0 Å². The molecular weight excluding hydrogens is 338 g/mol. The zero-order valence-electron chi connectivity index (χ0n) is 15.5. The highest BCUT2D eigenvalue weighted by molar-refractivity contribution is 5.30. The highest BCUT2D eigenvalue weighted by atomic mass is 16.3. The van der Waals surface area contributed by atoms with Gasteiger partial charge in [-0.3, -0.25) is 9.88 Å². The van der Waals surface area contributed by atoms with E-state index in [0.29, 0.717) is 0 Å². The van der Waals surface area contributed by atoms with Crippen LogP contribution in [-0.2, 0) is 19.6 Å². The summed E-state index contributed by atoms with van der Waals surface area (Å²) in [5, 5.41) is 0.